The van der Waals surface area contributed by atoms with E-state index in [2.05, 4.69) is 19.0 Å². The molecule has 0 heterocycles. The van der Waals surface area contributed by atoms with E-state index in [-0.39, 0.29) is 5.41 Å². The number of hydrogen-bond donors (Lipinski definition) is 1. The zero-order valence-corrected chi connectivity index (χ0v) is 18.9. The SMILES string of the molecule is C/C(CC(C)(C)CC(C)C)=N\OC(C)(C)C(=O)Nc1c(F)c(F)c(C(F)(F)F)c(F)c1F. The molecule has 1 rings (SSSR count). The maximum absolute atomic E-state index is 14.0. The summed E-state index contributed by atoms with van der Waals surface area (Å²) in [5, 5.41) is 5.40. The van der Waals surface area contributed by atoms with Gasteiger partial charge in [-0.2, -0.15) is 13.2 Å². The van der Waals surface area contributed by atoms with Crippen molar-refractivity contribution >= 4 is 17.3 Å². The van der Waals surface area contributed by atoms with Gasteiger partial charge in [-0.15, -0.1) is 0 Å². The quantitative estimate of drug-likeness (QED) is 0.195. The van der Waals surface area contributed by atoms with Crippen LogP contribution >= 0.6 is 0 Å². The molecule has 1 aromatic carbocycles. The van der Waals surface area contributed by atoms with Gasteiger partial charge in [0.05, 0.1) is 5.71 Å². The Labute approximate surface area is 182 Å². The van der Waals surface area contributed by atoms with Crippen molar-refractivity contribution in [1.82, 2.24) is 0 Å². The number of amides is 1. The predicted molar refractivity (Wildman–Crippen MR) is 106 cm³/mol. The fourth-order valence-corrected chi connectivity index (χ4v) is 3.39. The van der Waals surface area contributed by atoms with E-state index in [0.717, 1.165) is 20.3 Å². The Morgan fingerprint density at radius 2 is 1.44 bits per heavy atom. The second kappa shape index (κ2) is 9.66. The number of halogens is 7. The molecule has 0 fully saturated rings. The fraction of sp³-hybridized carbons (Fsp3) is 0.619. The number of nitrogens with one attached hydrogen (secondary N) is 1. The van der Waals surface area contributed by atoms with Gasteiger partial charge in [-0.3, -0.25) is 4.79 Å². The normalized spacial score (nSPS) is 13.5. The van der Waals surface area contributed by atoms with E-state index >= 15 is 0 Å². The lowest BCUT2D eigenvalue weighted by Gasteiger charge is -2.27. The summed E-state index contributed by atoms with van der Waals surface area (Å²) in [5.74, 6) is -11.0. The highest BCUT2D eigenvalue weighted by atomic mass is 19.4. The minimum Gasteiger partial charge on any atom is -0.380 e. The molecule has 4 nitrogen and oxygen atoms in total. The molecular weight excluding hydrogens is 445 g/mol. The van der Waals surface area contributed by atoms with Crippen molar-refractivity contribution in [1.29, 1.82) is 0 Å². The summed E-state index contributed by atoms with van der Waals surface area (Å²) in [6.45, 7) is 12.1. The van der Waals surface area contributed by atoms with Gasteiger partial charge in [0, 0.05) is 0 Å². The van der Waals surface area contributed by atoms with Crippen LogP contribution in [0, 0.1) is 34.6 Å². The van der Waals surface area contributed by atoms with Gasteiger partial charge in [-0.05, 0) is 44.9 Å². The standard InChI is InChI=1S/C21H27F7N2O2/c1-10(2)8-19(4,5)9-11(3)30-32-20(6,7)18(31)29-17-15(24)13(22)12(21(26,27)28)14(23)16(17)25/h10H,8-9H2,1-7H3,(H,29,31)/b30-11+. The van der Waals surface area contributed by atoms with Crippen LogP contribution in [0.15, 0.2) is 5.16 Å². The molecular formula is C21H27F7N2O2. The van der Waals surface area contributed by atoms with Crippen LogP contribution in [0.2, 0.25) is 0 Å². The van der Waals surface area contributed by atoms with E-state index in [4.69, 9.17) is 4.84 Å². The van der Waals surface area contributed by atoms with Gasteiger partial charge in [0.15, 0.2) is 23.3 Å². The zero-order chi connectivity index (χ0) is 25.2. The molecule has 0 atom stereocenters. The van der Waals surface area contributed by atoms with Crippen LogP contribution in [-0.2, 0) is 15.8 Å². The third-order valence-electron chi connectivity index (χ3n) is 4.46. The molecule has 0 bridgehead atoms. The first-order valence-electron chi connectivity index (χ1n) is 9.76. The zero-order valence-electron chi connectivity index (χ0n) is 18.9. The molecule has 0 spiro atoms. The number of benzene rings is 1. The minimum absolute atomic E-state index is 0.126. The van der Waals surface area contributed by atoms with E-state index in [1.807, 2.05) is 13.8 Å². The third kappa shape index (κ3) is 6.83. The number of alkyl halides is 3. The van der Waals surface area contributed by atoms with E-state index < -0.39 is 52.2 Å². The highest BCUT2D eigenvalue weighted by Gasteiger charge is 2.43. The van der Waals surface area contributed by atoms with Crippen LogP contribution < -0.4 is 5.32 Å². The molecule has 0 aliphatic carbocycles. The molecule has 0 aromatic heterocycles. The molecule has 0 unspecified atom stereocenters. The van der Waals surface area contributed by atoms with Gasteiger partial charge in [0.25, 0.3) is 5.91 Å². The van der Waals surface area contributed by atoms with Gasteiger partial charge < -0.3 is 10.2 Å². The number of rotatable bonds is 8. The largest absolute Gasteiger partial charge is 0.422 e. The van der Waals surface area contributed by atoms with Crippen molar-refractivity contribution in [3.63, 3.8) is 0 Å². The number of carbonyl (C=O) groups is 1. The van der Waals surface area contributed by atoms with Gasteiger partial charge in [0.2, 0.25) is 5.60 Å². The molecule has 0 aliphatic heterocycles. The predicted octanol–water partition coefficient (Wildman–Crippen LogP) is 6.83. The van der Waals surface area contributed by atoms with Crippen molar-refractivity contribution in [2.24, 2.45) is 16.5 Å². The highest BCUT2D eigenvalue weighted by Crippen LogP contribution is 2.38. The maximum atomic E-state index is 14.0. The minimum atomic E-state index is -5.68. The summed E-state index contributed by atoms with van der Waals surface area (Å²) >= 11 is 0. The molecule has 1 N–H and O–H groups in total. The van der Waals surface area contributed by atoms with Crippen molar-refractivity contribution in [2.45, 2.75) is 73.1 Å². The number of anilines is 1. The Kier molecular flexibility index (Phi) is 8.36. The summed E-state index contributed by atoms with van der Waals surface area (Å²) in [6.07, 6.45) is -4.29. The molecule has 0 aliphatic rings. The maximum Gasteiger partial charge on any atom is 0.422 e. The first-order valence-corrected chi connectivity index (χ1v) is 9.76. The summed E-state index contributed by atoms with van der Waals surface area (Å²) in [4.78, 5) is 17.5. The molecule has 0 saturated carbocycles. The van der Waals surface area contributed by atoms with Crippen LogP contribution in [0.3, 0.4) is 0 Å². The molecule has 32 heavy (non-hydrogen) atoms. The summed E-state index contributed by atoms with van der Waals surface area (Å²) in [5.41, 5.74) is -5.92. The monoisotopic (exact) mass is 472 g/mol. The van der Waals surface area contributed by atoms with Crippen LogP contribution in [0.5, 0.6) is 0 Å². The first-order chi connectivity index (χ1) is 14.3. The smallest absolute Gasteiger partial charge is 0.380 e. The average molecular weight is 472 g/mol. The van der Waals surface area contributed by atoms with Crippen LogP contribution in [0.25, 0.3) is 0 Å². The Balaban J connectivity index is 3.09. The van der Waals surface area contributed by atoms with Gasteiger partial charge in [0.1, 0.15) is 11.3 Å². The lowest BCUT2D eigenvalue weighted by atomic mass is 9.80. The number of nitrogens with zero attached hydrogens (tertiary/aromatic N) is 1. The molecule has 1 aromatic rings. The second-order valence-corrected chi connectivity index (χ2v) is 9.32. The topological polar surface area (TPSA) is 50.7 Å². The molecule has 11 heteroatoms. The van der Waals surface area contributed by atoms with E-state index in [0.29, 0.717) is 18.1 Å². The second-order valence-electron chi connectivity index (χ2n) is 9.32. The number of hydrogen-bond acceptors (Lipinski definition) is 3. The number of carbonyl (C=O) groups excluding carboxylic acids is 1. The Morgan fingerprint density at radius 3 is 1.84 bits per heavy atom. The van der Waals surface area contributed by atoms with Gasteiger partial charge in [-0.25, -0.2) is 17.6 Å². The lowest BCUT2D eigenvalue weighted by molar-refractivity contribution is -0.143. The third-order valence-corrected chi connectivity index (χ3v) is 4.46. The summed E-state index contributed by atoms with van der Waals surface area (Å²) in [7, 11) is 0. The number of oxime groups is 1. The molecule has 1 amide bonds. The lowest BCUT2D eigenvalue weighted by Crippen LogP contribution is -2.39. The van der Waals surface area contributed by atoms with Crippen LogP contribution in [-0.4, -0.2) is 17.2 Å². The highest BCUT2D eigenvalue weighted by molar-refractivity contribution is 5.97. The van der Waals surface area contributed by atoms with E-state index in [9.17, 15) is 35.5 Å². The Morgan fingerprint density at radius 1 is 0.969 bits per heavy atom. The van der Waals surface area contributed by atoms with Crippen molar-refractivity contribution in [3.05, 3.63) is 28.8 Å². The van der Waals surface area contributed by atoms with Crippen molar-refractivity contribution in [3.8, 4) is 0 Å². The van der Waals surface area contributed by atoms with Crippen molar-refractivity contribution in [2.75, 3.05) is 5.32 Å². The van der Waals surface area contributed by atoms with Crippen LogP contribution in [0.1, 0.15) is 66.9 Å². The van der Waals surface area contributed by atoms with Gasteiger partial charge >= 0.3 is 6.18 Å². The van der Waals surface area contributed by atoms with E-state index in [1.165, 1.54) is 0 Å². The molecule has 182 valence electrons. The average Bonchev–Trinajstić information content (AvgIpc) is 2.59. The first kappa shape index (κ1) is 27.7. The van der Waals surface area contributed by atoms with Gasteiger partial charge in [-0.1, -0.05) is 32.9 Å². The molecule has 0 radical (unpaired) electrons. The van der Waals surface area contributed by atoms with E-state index in [1.54, 1.807) is 12.2 Å². The summed E-state index contributed by atoms with van der Waals surface area (Å²) in [6, 6.07) is 0. The molecule has 0 saturated heterocycles. The van der Waals surface area contributed by atoms with Crippen LogP contribution in [0.4, 0.5) is 36.4 Å². The fourth-order valence-electron chi connectivity index (χ4n) is 3.39. The van der Waals surface area contributed by atoms with Crippen molar-refractivity contribution < 1.29 is 40.4 Å². The summed E-state index contributed by atoms with van der Waals surface area (Å²) < 4.78 is 93.6. The Hall–Kier alpha value is -2.33. The Bertz CT molecular complexity index is 862.